The molecule has 0 aliphatic carbocycles. The van der Waals surface area contributed by atoms with Crippen molar-refractivity contribution in [2.45, 2.75) is 19.4 Å². The van der Waals surface area contributed by atoms with Crippen LogP contribution in [-0.4, -0.2) is 7.11 Å². The Morgan fingerprint density at radius 1 is 1.31 bits per heavy atom. The molecule has 1 atom stereocenters. The first kappa shape index (κ1) is 12.3. The number of hydrogen-bond acceptors (Lipinski definition) is 2. The van der Waals surface area contributed by atoms with E-state index in [0.717, 1.165) is 12.2 Å². The Balaban J connectivity index is 0.00000144. The van der Waals surface area contributed by atoms with Crippen LogP contribution in [0.15, 0.2) is 24.3 Å². The van der Waals surface area contributed by atoms with E-state index < -0.39 is 0 Å². The van der Waals surface area contributed by atoms with Gasteiger partial charge >= 0.3 is 0 Å². The second kappa shape index (κ2) is 5.84. The standard InChI is InChI=1S/C10H15NO.ClH/c1-3-10(11)8-4-6-9(12-2)7-5-8;/h4-7,10H,3,11H2,1-2H3;1H. The molecule has 1 aromatic rings. The third kappa shape index (κ3) is 3.25. The van der Waals surface area contributed by atoms with Gasteiger partial charge in [-0.15, -0.1) is 12.4 Å². The summed E-state index contributed by atoms with van der Waals surface area (Å²) in [6.45, 7) is 2.08. The third-order valence-electron chi connectivity index (χ3n) is 1.98. The van der Waals surface area contributed by atoms with Crippen molar-refractivity contribution in [2.24, 2.45) is 5.73 Å². The molecule has 0 spiro atoms. The maximum Gasteiger partial charge on any atom is 0.118 e. The lowest BCUT2D eigenvalue weighted by Gasteiger charge is -2.09. The Morgan fingerprint density at radius 2 is 1.85 bits per heavy atom. The molecule has 0 heterocycles. The van der Waals surface area contributed by atoms with Crippen molar-refractivity contribution in [3.63, 3.8) is 0 Å². The molecule has 2 nitrogen and oxygen atoms in total. The molecule has 0 aromatic heterocycles. The summed E-state index contributed by atoms with van der Waals surface area (Å²) in [7, 11) is 1.66. The number of ether oxygens (including phenoxy) is 1. The monoisotopic (exact) mass is 201 g/mol. The highest BCUT2D eigenvalue weighted by atomic mass is 35.5. The summed E-state index contributed by atoms with van der Waals surface area (Å²) in [6, 6.07) is 8.03. The molecule has 0 aliphatic rings. The van der Waals surface area contributed by atoms with Crippen LogP contribution < -0.4 is 10.5 Å². The van der Waals surface area contributed by atoms with E-state index in [-0.39, 0.29) is 18.4 Å². The average Bonchev–Trinajstić information content (AvgIpc) is 2.17. The van der Waals surface area contributed by atoms with Crippen molar-refractivity contribution in [1.29, 1.82) is 0 Å². The molecule has 0 aliphatic heterocycles. The van der Waals surface area contributed by atoms with Crippen LogP contribution in [0.4, 0.5) is 0 Å². The first-order valence-corrected chi connectivity index (χ1v) is 4.17. The molecule has 0 bridgehead atoms. The van der Waals surface area contributed by atoms with Crippen LogP contribution in [0.25, 0.3) is 0 Å². The minimum absolute atomic E-state index is 0. The highest BCUT2D eigenvalue weighted by Gasteiger charge is 2.01. The molecule has 3 heteroatoms. The maximum absolute atomic E-state index is 5.84. The molecule has 1 aromatic carbocycles. The van der Waals surface area contributed by atoms with E-state index in [4.69, 9.17) is 10.5 Å². The molecule has 0 radical (unpaired) electrons. The van der Waals surface area contributed by atoms with Gasteiger partial charge in [-0.3, -0.25) is 0 Å². The van der Waals surface area contributed by atoms with Gasteiger partial charge in [0.05, 0.1) is 7.11 Å². The van der Waals surface area contributed by atoms with Crippen LogP contribution in [0, 0.1) is 0 Å². The SMILES string of the molecule is CCC(N)c1ccc(OC)cc1.Cl. The highest BCUT2D eigenvalue weighted by Crippen LogP contribution is 2.17. The molecular formula is C10H16ClNO. The van der Waals surface area contributed by atoms with E-state index in [0.29, 0.717) is 0 Å². The number of benzene rings is 1. The lowest BCUT2D eigenvalue weighted by atomic mass is 10.1. The molecular weight excluding hydrogens is 186 g/mol. The van der Waals surface area contributed by atoms with Crippen LogP contribution >= 0.6 is 12.4 Å². The van der Waals surface area contributed by atoms with Crippen molar-refractivity contribution in [3.05, 3.63) is 29.8 Å². The van der Waals surface area contributed by atoms with Gasteiger partial charge in [0.25, 0.3) is 0 Å². The number of hydrogen-bond donors (Lipinski definition) is 1. The van der Waals surface area contributed by atoms with Crippen LogP contribution in [0.5, 0.6) is 5.75 Å². The number of rotatable bonds is 3. The van der Waals surface area contributed by atoms with Crippen LogP contribution in [0.1, 0.15) is 24.9 Å². The summed E-state index contributed by atoms with van der Waals surface area (Å²) < 4.78 is 5.04. The first-order chi connectivity index (χ1) is 5.77. The molecule has 0 fully saturated rings. The zero-order valence-electron chi connectivity index (χ0n) is 7.99. The minimum atomic E-state index is 0. The zero-order chi connectivity index (χ0) is 8.97. The van der Waals surface area contributed by atoms with Crippen molar-refractivity contribution < 1.29 is 4.74 Å². The topological polar surface area (TPSA) is 35.2 Å². The van der Waals surface area contributed by atoms with Gasteiger partial charge in [-0.1, -0.05) is 19.1 Å². The highest BCUT2D eigenvalue weighted by molar-refractivity contribution is 5.85. The van der Waals surface area contributed by atoms with Gasteiger partial charge in [-0.25, -0.2) is 0 Å². The number of methoxy groups -OCH3 is 1. The van der Waals surface area contributed by atoms with Crippen molar-refractivity contribution >= 4 is 12.4 Å². The van der Waals surface area contributed by atoms with E-state index in [1.165, 1.54) is 5.56 Å². The van der Waals surface area contributed by atoms with Gasteiger partial charge in [-0.2, -0.15) is 0 Å². The molecule has 1 rings (SSSR count). The van der Waals surface area contributed by atoms with Gasteiger partial charge in [-0.05, 0) is 24.1 Å². The third-order valence-corrected chi connectivity index (χ3v) is 1.98. The predicted molar refractivity (Wildman–Crippen MR) is 57.5 cm³/mol. The first-order valence-electron chi connectivity index (χ1n) is 4.17. The maximum atomic E-state index is 5.84. The second-order valence-electron chi connectivity index (χ2n) is 2.79. The van der Waals surface area contributed by atoms with Crippen molar-refractivity contribution in [2.75, 3.05) is 7.11 Å². The summed E-state index contributed by atoms with van der Waals surface area (Å²) in [6.07, 6.45) is 0.965. The summed E-state index contributed by atoms with van der Waals surface area (Å²) in [5.41, 5.74) is 7.01. The Hall–Kier alpha value is -0.730. The van der Waals surface area contributed by atoms with Gasteiger partial charge < -0.3 is 10.5 Å². The van der Waals surface area contributed by atoms with Crippen LogP contribution in [0.2, 0.25) is 0 Å². The molecule has 74 valence electrons. The normalized spacial score (nSPS) is 11.6. The second-order valence-corrected chi connectivity index (χ2v) is 2.79. The summed E-state index contributed by atoms with van der Waals surface area (Å²) in [5.74, 6) is 0.877. The molecule has 13 heavy (non-hydrogen) atoms. The predicted octanol–water partition coefficient (Wildman–Crippen LogP) is 2.53. The fraction of sp³-hybridized carbons (Fsp3) is 0.400. The quantitative estimate of drug-likeness (QED) is 0.816. The van der Waals surface area contributed by atoms with Crippen molar-refractivity contribution in [1.82, 2.24) is 0 Å². The van der Waals surface area contributed by atoms with Gasteiger partial charge in [0, 0.05) is 6.04 Å². The summed E-state index contributed by atoms with van der Waals surface area (Å²) >= 11 is 0. The zero-order valence-corrected chi connectivity index (χ0v) is 8.80. The number of nitrogens with two attached hydrogens (primary N) is 1. The van der Waals surface area contributed by atoms with Crippen molar-refractivity contribution in [3.8, 4) is 5.75 Å². The summed E-state index contributed by atoms with van der Waals surface area (Å²) in [5, 5.41) is 0. The van der Waals surface area contributed by atoms with E-state index in [9.17, 15) is 0 Å². The smallest absolute Gasteiger partial charge is 0.118 e. The Labute approximate surface area is 85.5 Å². The Kier molecular flexibility index (Phi) is 5.51. The minimum Gasteiger partial charge on any atom is -0.497 e. The van der Waals surface area contributed by atoms with E-state index in [1.807, 2.05) is 24.3 Å². The molecule has 2 N–H and O–H groups in total. The van der Waals surface area contributed by atoms with Gasteiger partial charge in [0.2, 0.25) is 0 Å². The number of halogens is 1. The fourth-order valence-electron chi connectivity index (χ4n) is 1.09. The van der Waals surface area contributed by atoms with Gasteiger partial charge in [0.1, 0.15) is 5.75 Å². The molecule has 0 amide bonds. The van der Waals surface area contributed by atoms with Crippen LogP contribution in [-0.2, 0) is 0 Å². The lowest BCUT2D eigenvalue weighted by Crippen LogP contribution is -2.07. The Morgan fingerprint density at radius 3 is 2.23 bits per heavy atom. The molecule has 1 unspecified atom stereocenters. The molecule has 0 saturated heterocycles. The Bertz CT molecular complexity index is 235. The van der Waals surface area contributed by atoms with Crippen LogP contribution in [0.3, 0.4) is 0 Å². The lowest BCUT2D eigenvalue weighted by molar-refractivity contribution is 0.414. The van der Waals surface area contributed by atoms with Gasteiger partial charge in [0.15, 0.2) is 0 Å². The van der Waals surface area contributed by atoms with E-state index in [1.54, 1.807) is 7.11 Å². The van der Waals surface area contributed by atoms with E-state index >= 15 is 0 Å². The largest absolute Gasteiger partial charge is 0.497 e. The fourth-order valence-corrected chi connectivity index (χ4v) is 1.09. The molecule has 0 saturated carbocycles. The van der Waals surface area contributed by atoms with E-state index in [2.05, 4.69) is 6.92 Å². The average molecular weight is 202 g/mol. The summed E-state index contributed by atoms with van der Waals surface area (Å²) in [4.78, 5) is 0.